The quantitative estimate of drug-likeness (QED) is 0.344. The summed E-state index contributed by atoms with van der Waals surface area (Å²) in [5.41, 5.74) is 5.40. The molecule has 1 saturated heterocycles. The van der Waals surface area contributed by atoms with E-state index in [0.29, 0.717) is 16.5 Å². The first kappa shape index (κ1) is 24.3. The molecule has 0 radical (unpaired) electrons. The van der Waals surface area contributed by atoms with Crippen molar-refractivity contribution in [3.63, 3.8) is 0 Å². The van der Waals surface area contributed by atoms with E-state index < -0.39 is 11.5 Å². The number of halogens is 2. The van der Waals surface area contributed by atoms with Gasteiger partial charge in [-0.25, -0.2) is 4.79 Å². The van der Waals surface area contributed by atoms with Crippen molar-refractivity contribution < 1.29 is 9.53 Å². The standard InChI is InChI=1S/C24H22Cl2N4O3S/c1-13-18(29-30-24-28-21(31)12-20(34-24)23(32)33-2)11-19(14-3-7-16(25)8-4-14)27-22(13)15-5-9-17(26)10-6-15/h3-10,12-13,19,22,27H,11H2,1-2H3,(H,28,30,31)/b29-18-. The highest BCUT2D eigenvalue weighted by atomic mass is 35.5. The molecule has 0 spiro atoms. The van der Waals surface area contributed by atoms with Gasteiger partial charge >= 0.3 is 5.97 Å². The Kier molecular flexibility index (Phi) is 7.63. The third kappa shape index (κ3) is 5.64. The normalized spacial score (nSPS) is 21.3. The van der Waals surface area contributed by atoms with Crippen molar-refractivity contribution in [2.45, 2.75) is 25.4 Å². The van der Waals surface area contributed by atoms with Crippen molar-refractivity contribution >= 4 is 51.4 Å². The van der Waals surface area contributed by atoms with Gasteiger partial charge in [-0.1, -0.05) is 65.7 Å². The Morgan fingerprint density at radius 2 is 1.74 bits per heavy atom. The van der Waals surface area contributed by atoms with Crippen LogP contribution in [0.3, 0.4) is 0 Å². The number of nitrogens with one attached hydrogen (secondary N) is 2. The maximum Gasteiger partial charge on any atom is 0.348 e. The van der Waals surface area contributed by atoms with Crippen molar-refractivity contribution in [2.75, 3.05) is 12.5 Å². The second-order valence-electron chi connectivity index (χ2n) is 7.87. The number of hydrogen-bond donors (Lipinski definition) is 2. The summed E-state index contributed by atoms with van der Waals surface area (Å²) in [4.78, 5) is 27.9. The lowest BCUT2D eigenvalue weighted by molar-refractivity contribution is 0.0606. The highest BCUT2D eigenvalue weighted by Gasteiger charge is 2.33. The number of rotatable bonds is 5. The first-order valence-electron chi connectivity index (χ1n) is 10.5. The van der Waals surface area contributed by atoms with E-state index in [2.05, 4.69) is 27.8 Å². The van der Waals surface area contributed by atoms with Gasteiger partial charge < -0.3 is 10.1 Å². The summed E-state index contributed by atoms with van der Waals surface area (Å²) in [6.07, 6.45) is 0.630. The maximum atomic E-state index is 11.9. The number of nitrogens with zero attached hydrogens (tertiary/aromatic N) is 2. The van der Waals surface area contributed by atoms with Crippen molar-refractivity contribution in [3.8, 4) is 0 Å². The van der Waals surface area contributed by atoms with E-state index in [-0.39, 0.29) is 28.0 Å². The molecule has 1 aliphatic rings. The van der Waals surface area contributed by atoms with E-state index in [4.69, 9.17) is 27.9 Å². The molecule has 2 heterocycles. The molecule has 2 aromatic carbocycles. The van der Waals surface area contributed by atoms with Gasteiger partial charge in [0.15, 0.2) is 0 Å². The lowest BCUT2D eigenvalue weighted by Gasteiger charge is -2.37. The summed E-state index contributed by atoms with van der Waals surface area (Å²) >= 11 is 13.2. The number of hydrogen-bond acceptors (Lipinski definition) is 8. The fourth-order valence-corrected chi connectivity index (χ4v) is 4.90. The Morgan fingerprint density at radius 3 is 2.35 bits per heavy atom. The molecule has 176 valence electrons. The van der Waals surface area contributed by atoms with Crippen LogP contribution in [0.1, 0.15) is 46.2 Å². The van der Waals surface area contributed by atoms with Gasteiger partial charge in [0.25, 0.3) is 5.56 Å². The molecule has 0 bridgehead atoms. The van der Waals surface area contributed by atoms with Crippen LogP contribution in [0.2, 0.25) is 10.0 Å². The predicted octanol–water partition coefficient (Wildman–Crippen LogP) is 5.48. The van der Waals surface area contributed by atoms with E-state index in [1.807, 2.05) is 48.5 Å². The summed E-state index contributed by atoms with van der Waals surface area (Å²) in [5, 5.41) is 9.90. The molecule has 1 fully saturated rings. The second-order valence-corrected chi connectivity index (χ2v) is 9.77. The average molecular weight is 517 g/mol. The van der Waals surface area contributed by atoms with E-state index in [0.717, 1.165) is 34.2 Å². The Morgan fingerprint density at radius 1 is 1.12 bits per heavy atom. The number of piperidine rings is 1. The Bertz CT molecular complexity index is 1260. The van der Waals surface area contributed by atoms with Gasteiger partial charge in [-0.2, -0.15) is 10.1 Å². The van der Waals surface area contributed by atoms with Gasteiger partial charge in [0.1, 0.15) is 4.88 Å². The zero-order valence-electron chi connectivity index (χ0n) is 18.4. The molecule has 2 N–H and O–H groups in total. The SMILES string of the molecule is COC(=O)c1cc(=O)nc(N/N=C2/CC(c3ccc(Cl)cc3)NC(c3ccc(Cl)cc3)C2C)s1. The van der Waals surface area contributed by atoms with E-state index >= 15 is 0 Å². The van der Waals surface area contributed by atoms with Crippen LogP contribution < -0.4 is 16.3 Å². The van der Waals surface area contributed by atoms with Crippen LogP contribution in [0.5, 0.6) is 0 Å². The van der Waals surface area contributed by atoms with Crippen molar-refractivity contribution in [2.24, 2.45) is 11.0 Å². The van der Waals surface area contributed by atoms with Gasteiger partial charge in [0.2, 0.25) is 5.13 Å². The van der Waals surface area contributed by atoms with E-state index in [9.17, 15) is 9.59 Å². The zero-order chi connectivity index (χ0) is 24.2. The van der Waals surface area contributed by atoms with Gasteiger partial charge in [0.05, 0.1) is 7.11 Å². The van der Waals surface area contributed by atoms with Crippen LogP contribution >= 0.6 is 34.5 Å². The van der Waals surface area contributed by atoms with Crippen LogP contribution in [0.25, 0.3) is 0 Å². The largest absolute Gasteiger partial charge is 0.465 e. The number of methoxy groups -OCH3 is 1. The fraction of sp³-hybridized carbons (Fsp3) is 0.250. The Hall–Kier alpha value is -2.78. The number of hydrazone groups is 1. The summed E-state index contributed by atoms with van der Waals surface area (Å²) in [6.45, 7) is 2.09. The van der Waals surface area contributed by atoms with Crippen molar-refractivity contribution in [1.29, 1.82) is 0 Å². The number of carbonyl (C=O) groups is 1. The molecule has 3 atom stereocenters. The van der Waals surface area contributed by atoms with E-state index in [1.54, 1.807) is 0 Å². The average Bonchev–Trinajstić information content (AvgIpc) is 2.83. The molecule has 4 rings (SSSR count). The molecule has 3 aromatic rings. The number of esters is 1. The lowest BCUT2D eigenvalue weighted by Crippen LogP contribution is -2.41. The van der Waals surface area contributed by atoms with Gasteiger partial charge in [-0.05, 0) is 35.4 Å². The van der Waals surface area contributed by atoms with Crippen LogP contribution in [-0.2, 0) is 4.74 Å². The van der Waals surface area contributed by atoms with Crippen molar-refractivity contribution in [1.82, 2.24) is 10.3 Å². The highest BCUT2D eigenvalue weighted by molar-refractivity contribution is 7.17. The molecule has 7 nitrogen and oxygen atoms in total. The molecular formula is C24H22Cl2N4O3S. The third-order valence-electron chi connectivity index (χ3n) is 5.68. The number of benzene rings is 2. The van der Waals surface area contributed by atoms with Crippen LogP contribution in [0, 0.1) is 5.92 Å². The minimum atomic E-state index is -0.596. The maximum absolute atomic E-state index is 11.9. The zero-order valence-corrected chi connectivity index (χ0v) is 20.7. The number of aromatic nitrogens is 1. The van der Waals surface area contributed by atoms with Gasteiger partial charge in [-0.15, -0.1) is 0 Å². The first-order chi connectivity index (χ1) is 16.3. The van der Waals surface area contributed by atoms with Gasteiger partial charge in [-0.3, -0.25) is 10.2 Å². The molecule has 0 aliphatic carbocycles. The lowest BCUT2D eigenvalue weighted by atomic mass is 9.81. The minimum Gasteiger partial charge on any atom is -0.465 e. The molecule has 1 aromatic heterocycles. The Labute approximate surface area is 210 Å². The fourth-order valence-electron chi connectivity index (χ4n) is 3.89. The smallest absolute Gasteiger partial charge is 0.348 e. The predicted molar refractivity (Wildman–Crippen MR) is 136 cm³/mol. The summed E-state index contributed by atoms with van der Waals surface area (Å²) < 4.78 is 4.71. The molecule has 0 saturated carbocycles. The van der Waals surface area contributed by atoms with Crippen LogP contribution in [-0.4, -0.2) is 23.8 Å². The van der Waals surface area contributed by atoms with Crippen LogP contribution in [0.15, 0.2) is 64.5 Å². The first-order valence-corrected chi connectivity index (χ1v) is 12.1. The molecular weight excluding hydrogens is 495 g/mol. The molecule has 10 heteroatoms. The van der Waals surface area contributed by atoms with Gasteiger partial charge in [0, 0.05) is 46.2 Å². The third-order valence-corrected chi connectivity index (χ3v) is 7.06. The molecule has 34 heavy (non-hydrogen) atoms. The second kappa shape index (κ2) is 10.7. The topological polar surface area (TPSA) is 92.7 Å². The summed E-state index contributed by atoms with van der Waals surface area (Å²) in [5.74, 6) is -0.571. The number of carbonyl (C=O) groups excluding carboxylic acids is 1. The minimum absolute atomic E-state index is 0.0113. The van der Waals surface area contributed by atoms with Crippen molar-refractivity contribution in [3.05, 3.63) is 91.0 Å². The number of anilines is 1. The summed E-state index contributed by atoms with van der Waals surface area (Å²) in [7, 11) is 1.26. The number of ether oxygens (including phenoxy) is 1. The molecule has 3 unspecified atom stereocenters. The summed E-state index contributed by atoms with van der Waals surface area (Å²) in [6, 6.07) is 16.6. The van der Waals surface area contributed by atoms with E-state index in [1.165, 1.54) is 7.11 Å². The molecule has 1 aliphatic heterocycles. The monoisotopic (exact) mass is 516 g/mol. The van der Waals surface area contributed by atoms with Crippen LogP contribution in [0.4, 0.5) is 5.13 Å². The highest BCUT2D eigenvalue weighted by Crippen LogP contribution is 2.36. The Balaban J connectivity index is 1.66. The molecule has 0 amide bonds.